The minimum atomic E-state index is 0.708. The number of aromatic amines is 2. The van der Waals surface area contributed by atoms with E-state index in [9.17, 15) is 0 Å². The van der Waals surface area contributed by atoms with Crippen LogP contribution >= 0.6 is 0 Å². The second-order valence-corrected chi connectivity index (χ2v) is 6.45. The van der Waals surface area contributed by atoms with Crippen molar-refractivity contribution in [2.75, 3.05) is 7.11 Å². The van der Waals surface area contributed by atoms with Gasteiger partial charge in [-0.2, -0.15) is 5.10 Å². The number of pyridine rings is 2. The van der Waals surface area contributed by atoms with Crippen LogP contribution in [0.15, 0.2) is 73.2 Å². The molecule has 0 unspecified atom stereocenters. The molecule has 0 aliphatic rings. The highest BCUT2D eigenvalue weighted by atomic mass is 16.5. The van der Waals surface area contributed by atoms with Crippen LogP contribution in [-0.4, -0.2) is 32.3 Å². The minimum Gasteiger partial charge on any atom is -0.495 e. The number of H-pyrrole nitrogens is 2. The largest absolute Gasteiger partial charge is 0.495 e. The Bertz CT molecular complexity index is 1260. The smallest absolute Gasteiger partial charge is 0.137 e. The molecule has 5 rings (SSSR count). The molecule has 136 valence electrons. The second kappa shape index (κ2) is 6.66. The zero-order chi connectivity index (χ0) is 18.9. The van der Waals surface area contributed by atoms with Crippen molar-refractivity contribution in [1.29, 1.82) is 0 Å². The fourth-order valence-electron chi connectivity index (χ4n) is 3.32. The Kier molecular flexibility index (Phi) is 3.87. The highest BCUT2D eigenvalue weighted by Gasteiger charge is 2.12. The van der Waals surface area contributed by atoms with Gasteiger partial charge in [0.2, 0.25) is 0 Å². The van der Waals surface area contributed by atoms with Crippen molar-refractivity contribution in [3.8, 4) is 39.7 Å². The average molecular weight is 367 g/mol. The minimum absolute atomic E-state index is 0.708. The fraction of sp³-hybridized carbons (Fsp3) is 0.0455. The van der Waals surface area contributed by atoms with Crippen LogP contribution in [0.5, 0.6) is 5.75 Å². The summed E-state index contributed by atoms with van der Waals surface area (Å²) in [6.07, 6.45) is 5.27. The molecule has 0 fully saturated rings. The Balaban J connectivity index is 1.56. The van der Waals surface area contributed by atoms with Gasteiger partial charge >= 0.3 is 0 Å². The summed E-state index contributed by atoms with van der Waals surface area (Å²) in [6, 6.07) is 18.2. The van der Waals surface area contributed by atoms with Gasteiger partial charge in [-0.05, 0) is 36.4 Å². The number of aromatic nitrogens is 5. The number of benzene rings is 1. The molecule has 6 heteroatoms. The van der Waals surface area contributed by atoms with E-state index in [1.54, 1.807) is 19.5 Å². The van der Waals surface area contributed by atoms with E-state index in [-0.39, 0.29) is 0 Å². The van der Waals surface area contributed by atoms with Crippen molar-refractivity contribution >= 4 is 10.9 Å². The molecular weight excluding hydrogens is 350 g/mol. The lowest BCUT2D eigenvalue weighted by Gasteiger charge is -2.01. The van der Waals surface area contributed by atoms with E-state index in [2.05, 4.69) is 43.3 Å². The SMILES string of the molecule is COc1cncc(-c2cc(-c3cc4c(-c5ccccn5)cccc4[nH]3)n[nH]2)c1. The molecule has 4 heterocycles. The van der Waals surface area contributed by atoms with Crippen molar-refractivity contribution in [2.24, 2.45) is 0 Å². The molecular formula is C22H17N5O. The van der Waals surface area contributed by atoms with E-state index < -0.39 is 0 Å². The molecule has 0 aliphatic carbocycles. The number of hydrogen-bond acceptors (Lipinski definition) is 4. The van der Waals surface area contributed by atoms with Crippen LogP contribution in [0.2, 0.25) is 0 Å². The molecule has 6 nitrogen and oxygen atoms in total. The van der Waals surface area contributed by atoms with E-state index in [1.165, 1.54) is 0 Å². The molecule has 1 aromatic carbocycles. The normalized spacial score (nSPS) is 11.0. The molecule has 0 radical (unpaired) electrons. The van der Waals surface area contributed by atoms with Crippen molar-refractivity contribution in [2.45, 2.75) is 0 Å². The van der Waals surface area contributed by atoms with Crippen LogP contribution < -0.4 is 4.74 Å². The number of ether oxygens (including phenoxy) is 1. The summed E-state index contributed by atoms with van der Waals surface area (Å²) >= 11 is 0. The van der Waals surface area contributed by atoms with Gasteiger partial charge in [0.1, 0.15) is 11.4 Å². The Morgan fingerprint density at radius 1 is 0.893 bits per heavy atom. The van der Waals surface area contributed by atoms with E-state index in [0.717, 1.165) is 44.8 Å². The monoisotopic (exact) mass is 367 g/mol. The Morgan fingerprint density at radius 2 is 1.86 bits per heavy atom. The van der Waals surface area contributed by atoms with Crippen molar-refractivity contribution in [3.05, 3.63) is 73.2 Å². The highest BCUT2D eigenvalue weighted by Crippen LogP contribution is 2.32. The van der Waals surface area contributed by atoms with E-state index >= 15 is 0 Å². The average Bonchev–Trinajstić information content (AvgIpc) is 3.41. The lowest BCUT2D eigenvalue weighted by atomic mass is 10.1. The molecule has 2 N–H and O–H groups in total. The number of fused-ring (bicyclic) bond motifs is 1. The molecule has 0 bridgehead atoms. The summed E-state index contributed by atoms with van der Waals surface area (Å²) in [5.41, 5.74) is 6.66. The third-order valence-corrected chi connectivity index (χ3v) is 4.72. The maximum atomic E-state index is 5.25. The maximum Gasteiger partial charge on any atom is 0.137 e. The van der Waals surface area contributed by atoms with Gasteiger partial charge < -0.3 is 9.72 Å². The summed E-state index contributed by atoms with van der Waals surface area (Å²) in [6.45, 7) is 0. The number of hydrogen-bond donors (Lipinski definition) is 2. The topological polar surface area (TPSA) is 79.5 Å². The van der Waals surface area contributed by atoms with Gasteiger partial charge in [0.15, 0.2) is 0 Å². The number of nitrogens with one attached hydrogen (secondary N) is 2. The standard InChI is InChI=1S/C22H17N5O/c1-28-15-9-14(12-23-13-15)20-11-22(27-26-20)21-10-17-16(5-4-7-19(17)25-21)18-6-2-3-8-24-18/h2-13,25H,1H3,(H,26,27). The fourth-order valence-corrected chi connectivity index (χ4v) is 3.32. The first-order valence-corrected chi connectivity index (χ1v) is 8.90. The van der Waals surface area contributed by atoms with Crippen molar-refractivity contribution in [3.63, 3.8) is 0 Å². The Labute approximate surface area is 161 Å². The zero-order valence-corrected chi connectivity index (χ0v) is 15.2. The van der Waals surface area contributed by atoms with Crippen molar-refractivity contribution in [1.82, 2.24) is 25.1 Å². The number of methoxy groups -OCH3 is 1. The first kappa shape index (κ1) is 16.3. The molecule has 0 atom stereocenters. The third-order valence-electron chi connectivity index (χ3n) is 4.72. The molecule has 28 heavy (non-hydrogen) atoms. The number of rotatable bonds is 4. The molecule has 0 saturated heterocycles. The van der Waals surface area contributed by atoms with E-state index in [4.69, 9.17) is 4.74 Å². The first-order chi connectivity index (χ1) is 13.8. The van der Waals surface area contributed by atoms with Crippen LogP contribution in [0.3, 0.4) is 0 Å². The van der Waals surface area contributed by atoms with Crippen LogP contribution in [-0.2, 0) is 0 Å². The highest BCUT2D eigenvalue weighted by molar-refractivity contribution is 5.97. The van der Waals surface area contributed by atoms with Crippen molar-refractivity contribution < 1.29 is 4.74 Å². The van der Waals surface area contributed by atoms with E-state index in [1.807, 2.05) is 42.6 Å². The van der Waals surface area contributed by atoms with Gasteiger partial charge in [0.05, 0.1) is 30.4 Å². The second-order valence-electron chi connectivity index (χ2n) is 6.45. The molecule has 4 aromatic heterocycles. The third kappa shape index (κ3) is 2.81. The molecule has 0 aliphatic heterocycles. The van der Waals surface area contributed by atoms with Crippen LogP contribution in [0.25, 0.3) is 44.8 Å². The molecule has 0 amide bonds. The summed E-state index contributed by atoms with van der Waals surface area (Å²) in [7, 11) is 1.63. The zero-order valence-electron chi connectivity index (χ0n) is 15.2. The molecule has 0 spiro atoms. The van der Waals surface area contributed by atoms with Gasteiger partial charge in [0, 0.05) is 34.4 Å². The van der Waals surface area contributed by atoms with E-state index in [0.29, 0.717) is 5.75 Å². The lowest BCUT2D eigenvalue weighted by molar-refractivity contribution is 0.413. The van der Waals surface area contributed by atoms with Gasteiger partial charge in [-0.15, -0.1) is 0 Å². The summed E-state index contributed by atoms with van der Waals surface area (Å²) in [5.74, 6) is 0.708. The molecule has 5 aromatic rings. The van der Waals surface area contributed by atoms with Gasteiger partial charge in [-0.1, -0.05) is 18.2 Å². The number of nitrogens with zero attached hydrogens (tertiary/aromatic N) is 3. The van der Waals surface area contributed by atoms with Crippen LogP contribution in [0.1, 0.15) is 0 Å². The van der Waals surface area contributed by atoms with Crippen LogP contribution in [0.4, 0.5) is 0 Å². The predicted octanol–water partition coefficient (Wildman–Crippen LogP) is 4.69. The summed E-state index contributed by atoms with van der Waals surface area (Å²) in [4.78, 5) is 12.2. The summed E-state index contributed by atoms with van der Waals surface area (Å²) in [5, 5.41) is 8.67. The Hall–Kier alpha value is -3.93. The lowest BCUT2D eigenvalue weighted by Crippen LogP contribution is -1.86. The summed E-state index contributed by atoms with van der Waals surface area (Å²) < 4.78 is 5.25. The van der Waals surface area contributed by atoms with Crippen LogP contribution in [0, 0.1) is 0 Å². The molecule has 0 saturated carbocycles. The Morgan fingerprint density at radius 3 is 2.71 bits per heavy atom. The van der Waals surface area contributed by atoms with Gasteiger partial charge in [-0.3, -0.25) is 15.1 Å². The maximum absolute atomic E-state index is 5.25. The first-order valence-electron chi connectivity index (χ1n) is 8.90. The van der Waals surface area contributed by atoms with Gasteiger partial charge in [-0.25, -0.2) is 0 Å². The quantitative estimate of drug-likeness (QED) is 0.483. The predicted molar refractivity (Wildman–Crippen MR) is 109 cm³/mol. The van der Waals surface area contributed by atoms with Gasteiger partial charge in [0.25, 0.3) is 0 Å².